The predicted molar refractivity (Wildman–Crippen MR) is 120 cm³/mol. The Balaban J connectivity index is 1.50. The smallest absolute Gasteiger partial charge is 0.260 e. The SMILES string of the molecule is Cc1c(C(=O)N2CCCc3ccccc32)c2ccccc2n1CCN1CCOCC1. The van der Waals surface area contributed by atoms with Crippen LogP contribution in [0.1, 0.15) is 28.0 Å². The topological polar surface area (TPSA) is 37.7 Å². The molecular weight excluding hydrogens is 374 g/mol. The lowest BCUT2D eigenvalue weighted by Gasteiger charge is -2.29. The third kappa shape index (κ3) is 3.42. The van der Waals surface area contributed by atoms with Crippen molar-refractivity contribution >= 4 is 22.5 Å². The molecule has 0 bridgehead atoms. The van der Waals surface area contributed by atoms with Gasteiger partial charge in [0.25, 0.3) is 5.91 Å². The molecule has 0 aliphatic carbocycles. The quantitative estimate of drug-likeness (QED) is 0.664. The molecule has 1 saturated heterocycles. The number of nitrogens with zero attached hydrogens (tertiary/aromatic N) is 3. The third-order valence-corrected chi connectivity index (χ3v) is 6.54. The second-order valence-corrected chi connectivity index (χ2v) is 8.27. The maximum Gasteiger partial charge on any atom is 0.260 e. The number of amides is 1. The predicted octanol–water partition coefficient (Wildman–Crippen LogP) is 3.87. The van der Waals surface area contributed by atoms with Crippen LogP contribution in [0, 0.1) is 6.92 Å². The maximum atomic E-state index is 13.8. The minimum absolute atomic E-state index is 0.126. The molecule has 156 valence electrons. The van der Waals surface area contributed by atoms with Gasteiger partial charge in [0.15, 0.2) is 0 Å². The van der Waals surface area contributed by atoms with E-state index in [1.165, 1.54) is 5.56 Å². The lowest BCUT2D eigenvalue weighted by Crippen LogP contribution is -2.38. The summed E-state index contributed by atoms with van der Waals surface area (Å²) in [4.78, 5) is 18.2. The number of ether oxygens (including phenoxy) is 1. The Morgan fingerprint density at radius 1 is 0.967 bits per heavy atom. The highest BCUT2D eigenvalue weighted by Gasteiger charge is 2.28. The van der Waals surface area contributed by atoms with E-state index in [4.69, 9.17) is 4.74 Å². The lowest BCUT2D eigenvalue weighted by atomic mass is 10.00. The Morgan fingerprint density at radius 2 is 1.73 bits per heavy atom. The molecule has 3 heterocycles. The number of fused-ring (bicyclic) bond motifs is 2. The zero-order valence-electron chi connectivity index (χ0n) is 17.6. The second-order valence-electron chi connectivity index (χ2n) is 8.27. The van der Waals surface area contributed by atoms with Crippen molar-refractivity contribution < 1.29 is 9.53 Å². The Morgan fingerprint density at radius 3 is 2.60 bits per heavy atom. The van der Waals surface area contributed by atoms with Gasteiger partial charge < -0.3 is 14.2 Å². The maximum absolute atomic E-state index is 13.8. The summed E-state index contributed by atoms with van der Waals surface area (Å²) in [5, 5.41) is 1.06. The molecule has 5 nitrogen and oxygen atoms in total. The summed E-state index contributed by atoms with van der Waals surface area (Å²) in [5.74, 6) is 0.126. The van der Waals surface area contributed by atoms with Gasteiger partial charge in [-0.3, -0.25) is 9.69 Å². The highest BCUT2D eigenvalue weighted by Crippen LogP contribution is 2.32. The summed E-state index contributed by atoms with van der Waals surface area (Å²) in [5.41, 5.74) is 5.41. The molecule has 30 heavy (non-hydrogen) atoms. The number of hydrogen-bond donors (Lipinski definition) is 0. The molecule has 1 aromatic heterocycles. The summed E-state index contributed by atoms with van der Waals surface area (Å²) in [7, 11) is 0. The molecule has 0 N–H and O–H groups in total. The second kappa shape index (κ2) is 8.25. The Kier molecular flexibility index (Phi) is 5.32. The Labute approximate surface area is 177 Å². The number of rotatable bonds is 4. The molecule has 3 aromatic rings. The van der Waals surface area contributed by atoms with Crippen LogP contribution in [0.25, 0.3) is 10.9 Å². The average Bonchev–Trinajstić information content (AvgIpc) is 3.08. The molecule has 2 aliphatic heterocycles. The van der Waals surface area contributed by atoms with Gasteiger partial charge in [-0.2, -0.15) is 0 Å². The Hall–Kier alpha value is -2.63. The molecule has 1 amide bonds. The van der Waals surface area contributed by atoms with Crippen molar-refractivity contribution in [3.05, 3.63) is 65.4 Å². The van der Waals surface area contributed by atoms with E-state index in [1.54, 1.807) is 0 Å². The molecule has 0 saturated carbocycles. The van der Waals surface area contributed by atoms with Gasteiger partial charge in [0, 0.05) is 55.0 Å². The molecule has 0 radical (unpaired) electrons. The van der Waals surface area contributed by atoms with Crippen LogP contribution in [-0.2, 0) is 17.7 Å². The van der Waals surface area contributed by atoms with Gasteiger partial charge in [0.2, 0.25) is 0 Å². The van der Waals surface area contributed by atoms with Crippen molar-refractivity contribution in [3.63, 3.8) is 0 Å². The summed E-state index contributed by atoms with van der Waals surface area (Å²) >= 11 is 0. The van der Waals surface area contributed by atoms with E-state index < -0.39 is 0 Å². The van der Waals surface area contributed by atoms with Crippen LogP contribution in [0.4, 0.5) is 5.69 Å². The number of aromatic nitrogens is 1. The van der Waals surface area contributed by atoms with E-state index in [2.05, 4.69) is 52.8 Å². The van der Waals surface area contributed by atoms with E-state index in [9.17, 15) is 4.79 Å². The summed E-state index contributed by atoms with van der Waals surface area (Å²) in [6.07, 6.45) is 2.05. The number of para-hydroxylation sites is 2. The fraction of sp³-hybridized carbons (Fsp3) is 0.400. The van der Waals surface area contributed by atoms with Crippen LogP contribution in [0.2, 0.25) is 0 Å². The van der Waals surface area contributed by atoms with Crippen molar-refractivity contribution in [2.24, 2.45) is 0 Å². The van der Waals surface area contributed by atoms with E-state index in [-0.39, 0.29) is 5.91 Å². The average molecular weight is 404 g/mol. The largest absolute Gasteiger partial charge is 0.379 e. The number of morpholine rings is 1. The van der Waals surface area contributed by atoms with Crippen LogP contribution in [0.3, 0.4) is 0 Å². The lowest BCUT2D eigenvalue weighted by molar-refractivity contribution is 0.0365. The molecular formula is C25H29N3O2. The number of anilines is 1. The number of aryl methyl sites for hydroxylation is 1. The number of carbonyl (C=O) groups excluding carboxylic acids is 1. The Bertz CT molecular complexity index is 1070. The van der Waals surface area contributed by atoms with Crippen molar-refractivity contribution in [2.45, 2.75) is 26.3 Å². The molecule has 0 spiro atoms. The first-order valence-corrected chi connectivity index (χ1v) is 11.0. The number of hydrogen-bond acceptors (Lipinski definition) is 3. The fourth-order valence-corrected chi connectivity index (χ4v) is 4.93. The van der Waals surface area contributed by atoms with E-state index in [1.807, 2.05) is 17.0 Å². The van der Waals surface area contributed by atoms with Crippen molar-refractivity contribution in [2.75, 3.05) is 44.3 Å². The monoisotopic (exact) mass is 403 g/mol. The molecule has 0 atom stereocenters. The zero-order chi connectivity index (χ0) is 20.5. The molecule has 1 fully saturated rings. The fourth-order valence-electron chi connectivity index (χ4n) is 4.93. The van der Waals surface area contributed by atoms with Crippen molar-refractivity contribution in [1.29, 1.82) is 0 Å². The molecule has 5 rings (SSSR count). The van der Waals surface area contributed by atoms with Gasteiger partial charge in [0.1, 0.15) is 0 Å². The van der Waals surface area contributed by atoms with Crippen LogP contribution in [0.5, 0.6) is 0 Å². The molecule has 5 heteroatoms. The van der Waals surface area contributed by atoms with Crippen molar-refractivity contribution in [1.82, 2.24) is 9.47 Å². The van der Waals surface area contributed by atoms with Crippen LogP contribution < -0.4 is 4.90 Å². The van der Waals surface area contributed by atoms with Crippen LogP contribution in [-0.4, -0.2) is 54.8 Å². The van der Waals surface area contributed by atoms with Crippen molar-refractivity contribution in [3.8, 4) is 0 Å². The number of carbonyl (C=O) groups is 1. The van der Waals surface area contributed by atoms with E-state index >= 15 is 0 Å². The summed E-state index contributed by atoms with van der Waals surface area (Å²) < 4.78 is 7.81. The van der Waals surface area contributed by atoms with Gasteiger partial charge in [-0.15, -0.1) is 0 Å². The minimum Gasteiger partial charge on any atom is -0.379 e. The van der Waals surface area contributed by atoms with Gasteiger partial charge in [-0.25, -0.2) is 0 Å². The van der Waals surface area contributed by atoms with Gasteiger partial charge >= 0.3 is 0 Å². The first-order chi connectivity index (χ1) is 14.7. The highest BCUT2D eigenvalue weighted by atomic mass is 16.5. The standard InChI is InChI=1S/C25H29N3O2/c1-19-24(25(29)28-12-6-8-20-7-2-4-10-22(20)28)21-9-3-5-11-23(21)27(19)14-13-26-15-17-30-18-16-26/h2-5,7,9-11H,6,8,12-18H2,1H3. The van der Waals surface area contributed by atoms with Gasteiger partial charge in [-0.1, -0.05) is 36.4 Å². The first-order valence-electron chi connectivity index (χ1n) is 11.0. The van der Waals surface area contributed by atoms with E-state index in [0.29, 0.717) is 0 Å². The summed E-state index contributed by atoms with van der Waals surface area (Å²) in [6.45, 7) is 8.32. The molecule has 2 aliphatic rings. The number of benzene rings is 2. The van der Waals surface area contributed by atoms with Gasteiger partial charge in [-0.05, 0) is 37.5 Å². The van der Waals surface area contributed by atoms with Crippen LogP contribution in [0.15, 0.2) is 48.5 Å². The van der Waals surface area contributed by atoms with Crippen LogP contribution >= 0.6 is 0 Å². The van der Waals surface area contributed by atoms with E-state index in [0.717, 1.165) is 86.6 Å². The minimum atomic E-state index is 0.126. The third-order valence-electron chi connectivity index (χ3n) is 6.54. The zero-order valence-corrected chi connectivity index (χ0v) is 17.6. The van der Waals surface area contributed by atoms with Gasteiger partial charge in [0.05, 0.1) is 18.8 Å². The molecule has 2 aromatic carbocycles. The molecule has 0 unspecified atom stereocenters. The normalized spacial score (nSPS) is 17.3. The first kappa shape index (κ1) is 19.3. The highest BCUT2D eigenvalue weighted by molar-refractivity contribution is 6.15. The summed E-state index contributed by atoms with van der Waals surface area (Å²) in [6, 6.07) is 16.7.